The highest BCUT2D eigenvalue weighted by molar-refractivity contribution is 6.06. The molecular formula is C23H24N4O2. The molecule has 6 heteroatoms. The summed E-state index contributed by atoms with van der Waals surface area (Å²) in [6.45, 7) is 1.44. The molecule has 3 heterocycles. The summed E-state index contributed by atoms with van der Waals surface area (Å²) in [5.41, 5.74) is 9.57. The number of amides is 1. The first-order valence-electron chi connectivity index (χ1n) is 10.0. The van der Waals surface area contributed by atoms with Gasteiger partial charge in [0, 0.05) is 47.8 Å². The lowest BCUT2D eigenvalue weighted by Gasteiger charge is -2.36. The molecule has 5 rings (SSSR count). The van der Waals surface area contributed by atoms with Gasteiger partial charge in [-0.3, -0.25) is 15.2 Å². The average Bonchev–Trinajstić information content (AvgIpc) is 3.21. The number of pyridine rings is 1. The minimum atomic E-state index is 0.0766. The molecule has 0 aliphatic carbocycles. The van der Waals surface area contributed by atoms with Crippen molar-refractivity contribution in [1.29, 1.82) is 0 Å². The minimum Gasteiger partial charge on any atom is -0.496 e. The summed E-state index contributed by atoms with van der Waals surface area (Å²) >= 11 is 0. The highest BCUT2D eigenvalue weighted by Gasteiger charge is 2.42. The fourth-order valence-corrected chi connectivity index (χ4v) is 4.68. The van der Waals surface area contributed by atoms with Crippen LogP contribution in [-0.4, -0.2) is 42.0 Å². The number of hydrazine groups is 1. The molecule has 0 radical (unpaired) electrons. The van der Waals surface area contributed by atoms with E-state index in [1.165, 1.54) is 0 Å². The maximum Gasteiger partial charge on any atom is 0.254 e. The van der Waals surface area contributed by atoms with Gasteiger partial charge in [0.2, 0.25) is 0 Å². The van der Waals surface area contributed by atoms with Crippen LogP contribution in [0.1, 0.15) is 28.4 Å². The number of piperidine rings is 1. The average molecular weight is 388 g/mol. The van der Waals surface area contributed by atoms with Crippen LogP contribution in [0.3, 0.4) is 0 Å². The molecule has 29 heavy (non-hydrogen) atoms. The number of nitrogens with one attached hydrogen (secondary N) is 2. The first-order chi connectivity index (χ1) is 14.3. The lowest BCUT2D eigenvalue weighted by atomic mass is 9.84. The van der Waals surface area contributed by atoms with Crippen molar-refractivity contribution >= 4 is 16.8 Å². The zero-order chi connectivity index (χ0) is 19.8. The summed E-state index contributed by atoms with van der Waals surface area (Å²) in [6.07, 6.45) is 2.67. The van der Waals surface area contributed by atoms with Gasteiger partial charge in [-0.2, -0.15) is 0 Å². The zero-order valence-electron chi connectivity index (χ0n) is 16.3. The van der Waals surface area contributed by atoms with Gasteiger partial charge in [0.25, 0.3) is 5.91 Å². The second kappa shape index (κ2) is 7.46. The molecule has 6 nitrogen and oxygen atoms in total. The lowest BCUT2D eigenvalue weighted by molar-refractivity contribution is 0.0654. The number of hydrogen-bond donors (Lipinski definition) is 2. The van der Waals surface area contributed by atoms with Crippen molar-refractivity contribution in [2.24, 2.45) is 5.92 Å². The molecule has 1 aromatic heterocycles. The minimum absolute atomic E-state index is 0.0766. The van der Waals surface area contributed by atoms with E-state index in [1.807, 2.05) is 53.4 Å². The molecule has 2 N–H and O–H groups in total. The van der Waals surface area contributed by atoms with Crippen LogP contribution < -0.4 is 15.6 Å². The van der Waals surface area contributed by atoms with E-state index in [9.17, 15) is 4.79 Å². The number of carbonyl (C=O) groups excluding carboxylic acids is 1. The summed E-state index contributed by atoms with van der Waals surface area (Å²) in [5, 5.41) is 0.908. The van der Waals surface area contributed by atoms with Gasteiger partial charge >= 0.3 is 0 Å². The van der Waals surface area contributed by atoms with E-state index in [1.54, 1.807) is 13.3 Å². The van der Waals surface area contributed by atoms with Gasteiger partial charge in [-0.1, -0.05) is 30.3 Å². The number of carbonyl (C=O) groups is 1. The van der Waals surface area contributed by atoms with Crippen molar-refractivity contribution in [2.45, 2.75) is 18.5 Å². The Bertz CT molecular complexity index is 1050. The number of nitrogens with zero attached hydrogens (tertiary/aromatic N) is 2. The maximum absolute atomic E-state index is 13.4. The highest BCUT2D eigenvalue weighted by atomic mass is 16.5. The van der Waals surface area contributed by atoms with Crippen LogP contribution in [0.4, 0.5) is 0 Å². The van der Waals surface area contributed by atoms with Crippen molar-refractivity contribution in [1.82, 2.24) is 20.7 Å². The summed E-state index contributed by atoms with van der Waals surface area (Å²) in [5.74, 6) is 1.22. The van der Waals surface area contributed by atoms with E-state index < -0.39 is 0 Å². The predicted molar refractivity (Wildman–Crippen MR) is 112 cm³/mol. The number of benzene rings is 2. The third-order valence-electron chi connectivity index (χ3n) is 6.15. The Kier molecular flexibility index (Phi) is 4.66. The Balaban J connectivity index is 1.43. The SMILES string of the molecule is COc1ccccc1C1NNC2CCN(C(=O)c3cccc4ncccc34)CC21. The highest BCUT2D eigenvalue weighted by Crippen LogP contribution is 2.38. The second-order valence-corrected chi connectivity index (χ2v) is 7.69. The molecule has 3 unspecified atom stereocenters. The Morgan fingerprint density at radius 2 is 2.00 bits per heavy atom. The van der Waals surface area contributed by atoms with E-state index in [0.29, 0.717) is 12.6 Å². The summed E-state index contributed by atoms with van der Waals surface area (Å²) < 4.78 is 5.57. The van der Waals surface area contributed by atoms with Crippen molar-refractivity contribution < 1.29 is 9.53 Å². The van der Waals surface area contributed by atoms with Crippen LogP contribution in [-0.2, 0) is 0 Å². The van der Waals surface area contributed by atoms with E-state index >= 15 is 0 Å². The van der Waals surface area contributed by atoms with Crippen molar-refractivity contribution in [3.8, 4) is 5.75 Å². The number of ether oxygens (including phenoxy) is 1. The van der Waals surface area contributed by atoms with Gasteiger partial charge in [0.1, 0.15) is 5.75 Å². The third-order valence-corrected chi connectivity index (χ3v) is 6.15. The van der Waals surface area contributed by atoms with Crippen LogP contribution in [0.5, 0.6) is 5.75 Å². The number of para-hydroxylation sites is 1. The van der Waals surface area contributed by atoms with E-state index in [0.717, 1.165) is 40.7 Å². The number of likely N-dealkylation sites (tertiary alicyclic amines) is 1. The molecule has 1 amide bonds. The smallest absolute Gasteiger partial charge is 0.254 e. The fraction of sp³-hybridized carbons (Fsp3) is 0.304. The Morgan fingerprint density at radius 1 is 1.10 bits per heavy atom. The molecule has 2 aromatic carbocycles. The normalized spacial score (nSPS) is 23.8. The molecule has 2 saturated heterocycles. The number of rotatable bonds is 3. The molecule has 3 atom stereocenters. The Hall–Kier alpha value is -2.96. The van der Waals surface area contributed by atoms with Gasteiger partial charge < -0.3 is 9.64 Å². The molecule has 2 aliphatic heterocycles. The summed E-state index contributed by atoms with van der Waals surface area (Å²) in [4.78, 5) is 19.8. The van der Waals surface area contributed by atoms with Crippen molar-refractivity contribution in [3.05, 3.63) is 71.9 Å². The maximum atomic E-state index is 13.4. The fourth-order valence-electron chi connectivity index (χ4n) is 4.68. The Morgan fingerprint density at radius 3 is 2.90 bits per heavy atom. The molecule has 2 fully saturated rings. The molecule has 0 saturated carbocycles. The first-order valence-corrected chi connectivity index (χ1v) is 10.0. The standard InChI is InChI=1S/C23H24N4O2/c1-29-21-10-3-2-6-17(21)22-18-14-27(13-11-20(18)25-26-22)23(28)16-7-4-9-19-15(16)8-5-12-24-19/h2-10,12,18,20,22,25-26H,11,13-14H2,1H3. The third kappa shape index (κ3) is 3.14. The second-order valence-electron chi connectivity index (χ2n) is 7.69. The van der Waals surface area contributed by atoms with Crippen molar-refractivity contribution in [3.63, 3.8) is 0 Å². The molecular weight excluding hydrogens is 364 g/mol. The lowest BCUT2D eigenvalue weighted by Crippen LogP contribution is -2.47. The summed E-state index contributed by atoms with van der Waals surface area (Å²) in [6, 6.07) is 18.1. The quantitative estimate of drug-likeness (QED) is 0.722. The van der Waals surface area contributed by atoms with Crippen LogP contribution in [0.25, 0.3) is 10.9 Å². The number of aromatic nitrogens is 1. The largest absolute Gasteiger partial charge is 0.496 e. The molecule has 3 aromatic rings. The first kappa shape index (κ1) is 18.1. The topological polar surface area (TPSA) is 66.5 Å². The van der Waals surface area contributed by atoms with E-state index in [-0.39, 0.29) is 17.9 Å². The predicted octanol–water partition coefficient (Wildman–Crippen LogP) is 2.92. The molecule has 148 valence electrons. The molecule has 0 spiro atoms. The van der Waals surface area contributed by atoms with Crippen LogP contribution in [0, 0.1) is 5.92 Å². The number of fused-ring (bicyclic) bond motifs is 2. The van der Waals surface area contributed by atoms with Crippen LogP contribution in [0.2, 0.25) is 0 Å². The number of methoxy groups -OCH3 is 1. The van der Waals surface area contributed by atoms with Gasteiger partial charge in [-0.05, 0) is 30.7 Å². The summed E-state index contributed by atoms with van der Waals surface area (Å²) in [7, 11) is 1.70. The van der Waals surface area contributed by atoms with Crippen molar-refractivity contribution in [2.75, 3.05) is 20.2 Å². The Labute approximate surface area is 169 Å². The van der Waals surface area contributed by atoms with Crippen LogP contribution in [0.15, 0.2) is 60.8 Å². The molecule has 2 aliphatic rings. The van der Waals surface area contributed by atoms with Crippen LogP contribution >= 0.6 is 0 Å². The van der Waals surface area contributed by atoms with Gasteiger partial charge in [-0.15, -0.1) is 0 Å². The van der Waals surface area contributed by atoms with Gasteiger partial charge in [0.05, 0.1) is 18.7 Å². The molecule has 0 bridgehead atoms. The van der Waals surface area contributed by atoms with E-state index in [4.69, 9.17) is 4.74 Å². The van der Waals surface area contributed by atoms with Gasteiger partial charge in [-0.25, -0.2) is 5.43 Å². The zero-order valence-corrected chi connectivity index (χ0v) is 16.3. The van der Waals surface area contributed by atoms with Gasteiger partial charge in [0.15, 0.2) is 0 Å². The number of hydrogen-bond acceptors (Lipinski definition) is 5. The monoisotopic (exact) mass is 388 g/mol. The van der Waals surface area contributed by atoms with E-state index in [2.05, 4.69) is 21.9 Å².